The van der Waals surface area contributed by atoms with E-state index in [1.165, 1.54) is 0 Å². The Bertz CT molecular complexity index is 178. The van der Waals surface area contributed by atoms with Crippen LogP contribution in [0.5, 0.6) is 0 Å². The first-order chi connectivity index (χ1) is 5.43. The average molecular weight is 173 g/mol. The fourth-order valence-electron chi connectivity index (χ4n) is 0.779. The van der Waals surface area contributed by atoms with Crippen LogP contribution in [0.2, 0.25) is 0 Å². The maximum Gasteiger partial charge on any atom is 0.0588 e. The summed E-state index contributed by atoms with van der Waals surface area (Å²) in [5.41, 5.74) is 0. The summed E-state index contributed by atoms with van der Waals surface area (Å²) in [4.78, 5) is 20.4. The normalized spacial score (nSPS) is 12.9. The topological polar surface area (TPSA) is 92.3 Å². The van der Waals surface area contributed by atoms with Crippen molar-refractivity contribution in [2.24, 2.45) is 0 Å². The molecule has 70 valence electrons. The van der Waals surface area contributed by atoms with Crippen LogP contribution in [0.1, 0.15) is 20.3 Å². The third-order valence-electron chi connectivity index (χ3n) is 1.19. The highest BCUT2D eigenvalue weighted by molar-refractivity contribution is 5.78. The van der Waals surface area contributed by atoms with E-state index in [1.54, 1.807) is 13.8 Å². The van der Waals surface area contributed by atoms with Gasteiger partial charge in [-0.3, -0.25) is 0 Å². The highest BCUT2D eigenvalue weighted by Crippen LogP contribution is 1.91. The van der Waals surface area contributed by atoms with Crippen molar-refractivity contribution in [2.75, 3.05) is 0 Å². The third kappa shape index (κ3) is 4.68. The molecule has 5 nitrogen and oxygen atoms in total. The van der Waals surface area contributed by atoms with Crippen LogP contribution in [-0.2, 0) is 9.59 Å². The van der Waals surface area contributed by atoms with E-state index in [-0.39, 0.29) is 6.04 Å². The molecule has 0 fully saturated rings. The number of aliphatic carboxylic acids is 2. The molecule has 5 heteroatoms. The van der Waals surface area contributed by atoms with Gasteiger partial charge in [-0.2, -0.15) is 0 Å². The molecule has 0 aliphatic heterocycles. The second-order valence-electron chi connectivity index (χ2n) is 2.77. The van der Waals surface area contributed by atoms with Crippen molar-refractivity contribution in [3.8, 4) is 0 Å². The maximum atomic E-state index is 10.3. The lowest BCUT2D eigenvalue weighted by Crippen LogP contribution is -2.50. The highest BCUT2D eigenvalue weighted by atomic mass is 16.4. The van der Waals surface area contributed by atoms with E-state index < -0.39 is 24.4 Å². The summed E-state index contributed by atoms with van der Waals surface area (Å²) < 4.78 is 0. The zero-order chi connectivity index (χ0) is 9.72. The van der Waals surface area contributed by atoms with Gasteiger partial charge in [-0.15, -0.1) is 0 Å². The maximum absolute atomic E-state index is 10.3. The number of nitrogens with one attached hydrogen (secondary N) is 1. The Morgan fingerprint density at radius 3 is 2.08 bits per heavy atom. The van der Waals surface area contributed by atoms with Crippen LogP contribution in [0.4, 0.5) is 0 Å². The van der Waals surface area contributed by atoms with Crippen molar-refractivity contribution < 1.29 is 19.8 Å². The van der Waals surface area contributed by atoms with E-state index >= 15 is 0 Å². The minimum Gasteiger partial charge on any atom is -0.550 e. The van der Waals surface area contributed by atoms with Crippen LogP contribution in [0.3, 0.4) is 0 Å². The van der Waals surface area contributed by atoms with E-state index in [0.717, 1.165) is 0 Å². The number of carbonyl (C=O) groups excluding carboxylic acids is 2. The number of hydrogen-bond donors (Lipinski definition) is 1. The Morgan fingerprint density at radius 2 is 1.83 bits per heavy atom. The van der Waals surface area contributed by atoms with E-state index in [1.807, 2.05) is 0 Å². The first kappa shape index (κ1) is 10.9. The summed E-state index contributed by atoms with van der Waals surface area (Å²) >= 11 is 0. The molecule has 0 aromatic heterocycles. The van der Waals surface area contributed by atoms with Crippen LogP contribution in [0, 0.1) is 0 Å². The van der Waals surface area contributed by atoms with Crippen molar-refractivity contribution >= 4 is 11.9 Å². The second kappa shape index (κ2) is 4.71. The molecule has 1 atom stereocenters. The quantitative estimate of drug-likeness (QED) is 0.486. The van der Waals surface area contributed by atoms with E-state index in [9.17, 15) is 19.8 Å². The summed E-state index contributed by atoms with van der Waals surface area (Å²) in [6, 6.07) is -1.28. The molecule has 0 saturated heterocycles. The van der Waals surface area contributed by atoms with E-state index in [4.69, 9.17) is 0 Å². The summed E-state index contributed by atoms with van der Waals surface area (Å²) in [6.07, 6.45) is -0.569. The molecule has 0 radical (unpaired) electrons. The predicted octanol–water partition coefficient (Wildman–Crippen LogP) is -2.76. The third-order valence-corrected chi connectivity index (χ3v) is 1.19. The second-order valence-corrected chi connectivity index (χ2v) is 2.77. The van der Waals surface area contributed by atoms with Crippen LogP contribution >= 0.6 is 0 Å². The fraction of sp³-hybridized carbons (Fsp3) is 0.714. The van der Waals surface area contributed by atoms with Gasteiger partial charge in [0, 0.05) is 18.4 Å². The predicted molar refractivity (Wildman–Crippen MR) is 36.7 cm³/mol. The summed E-state index contributed by atoms with van der Waals surface area (Å²) in [5, 5.41) is 22.9. The summed E-state index contributed by atoms with van der Waals surface area (Å²) in [7, 11) is 0. The van der Waals surface area contributed by atoms with Crippen LogP contribution < -0.4 is 15.5 Å². The molecule has 0 rings (SSSR count). The van der Waals surface area contributed by atoms with Crippen molar-refractivity contribution in [1.82, 2.24) is 5.32 Å². The van der Waals surface area contributed by atoms with Crippen molar-refractivity contribution in [1.29, 1.82) is 0 Å². The Balaban J connectivity index is 4.04. The number of carboxylic acids is 2. The molecule has 0 saturated carbocycles. The number of carbonyl (C=O) groups is 2. The summed E-state index contributed by atoms with van der Waals surface area (Å²) in [5.74, 6) is -2.83. The lowest BCUT2D eigenvalue weighted by Gasteiger charge is -2.22. The van der Waals surface area contributed by atoms with Gasteiger partial charge in [-0.05, 0) is 0 Å². The molecular weight excluding hydrogens is 162 g/mol. The van der Waals surface area contributed by atoms with E-state index in [2.05, 4.69) is 5.32 Å². The molecule has 0 aliphatic rings. The molecule has 0 heterocycles. The number of hydrogen-bond acceptors (Lipinski definition) is 5. The lowest BCUT2D eigenvalue weighted by molar-refractivity contribution is -0.317. The summed E-state index contributed by atoms with van der Waals surface area (Å²) in [6.45, 7) is 3.43. The van der Waals surface area contributed by atoms with Gasteiger partial charge in [0.25, 0.3) is 0 Å². The minimum absolute atomic E-state index is 0.104. The largest absolute Gasteiger partial charge is 0.550 e. The number of rotatable bonds is 5. The molecule has 0 aliphatic carbocycles. The molecule has 0 aromatic rings. The van der Waals surface area contributed by atoms with Crippen LogP contribution in [0.15, 0.2) is 0 Å². The van der Waals surface area contributed by atoms with Gasteiger partial charge < -0.3 is 25.1 Å². The van der Waals surface area contributed by atoms with Gasteiger partial charge in [0.05, 0.1) is 12.0 Å². The molecule has 0 amide bonds. The zero-order valence-corrected chi connectivity index (χ0v) is 6.99. The van der Waals surface area contributed by atoms with E-state index in [0.29, 0.717) is 0 Å². The Labute approximate surface area is 70.4 Å². The van der Waals surface area contributed by atoms with Gasteiger partial charge in [-0.25, -0.2) is 0 Å². The Hall–Kier alpha value is -1.10. The molecular formula is C7H11NO4-2. The molecule has 1 N–H and O–H groups in total. The standard InChI is InChI=1S/C7H13NO4/c1-4(2)8-5(7(11)12)3-6(9)10/h4-5,8H,3H2,1-2H3,(H,9,10)(H,11,12)/p-2. The van der Waals surface area contributed by atoms with Gasteiger partial charge >= 0.3 is 0 Å². The molecule has 0 spiro atoms. The van der Waals surface area contributed by atoms with Gasteiger partial charge in [-0.1, -0.05) is 13.8 Å². The average Bonchev–Trinajstić information content (AvgIpc) is 1.83. The van der Waals surface area contributed by atoms with Crippen LogP contribution in [-0.4, -0.2) is 24.0 Å². The SMILES string of the molecule is CC(C)NC(CC(=O)[O-])C(=O)[O-]. The zero-order valence-electron chi connectivity index (χ0n) is 6.99. The first-order valence-electron chi connectivity index (χ1n) is 3.60. The van der Waals surface area contributed by atoms with Gasteiger partial charge in [0.1, 0.15) is 0 Å². The van der Waals surface area contributed by atoms with Crippen molar-refractivity contribution in [3.63, 3.8) is 0 Å². The van der Waals surface area contributed by atoms with Crippen molar-refractivity contribution in [2.45, 2.75) is 32.4 Å². The minimum atomic E-state index is -1.42. The molecule has 12 heavy (non-hydrogen) atoms. The van der Waals surface area contributed by atoms with Gasteiger partial charge in [0.15, 0.2) is 0 Å². The fourth-order valence-corrected chi connectivity index (χ4v) is 0.779. The molecule has 0 aromatic carbocycles. The Kier molecular flexibility index (Phi) is 4.28. The Morgan fingerprint density at radius 1 is 1.33 bits per heavy atom. The van der Waals surface area contributed by atoms with Crippen LogP contribution in [0.25, 0.3) is 0 Å². The van der Waals surface area contributed by atoms with Gasteiger partial charge in [0.2, 0.25) is 0 Å². The molecule has 0 bridgehead atoms. The molecule has 1 unspecified atom stereocenters. The lowest BCUT2D eigenvalue weighted by atomic mass is 10.2. The highest BCUT2D eigenvalue weighted by Gasteiger charge is 2.10. The number of carboxylic acid groups (broad SMARTS) is 2. The first-order valence-corrected chi connectivity index (χ1v) is 3.60. The van der Waals surface area contributed by atoms with Crippen molar-refractivity contribution in [3.05, 3.63) is 0 Å². The smallest absolute Gasteiger partial charge is 0.0588 e. The monoisotopic (exact) mass is 173 g/mol.